The summed E-state index contributed by atoms with van der Waals surface area (Å²) >= 11 is 0. The van der Waals surface area contributed by atoms with Crippen LogP contribution in [0.2, 0.25) is 0 Å². The predicted octanol–water partition coefficient (Wildman–Crippen LogP) is -2.41. The molecule has 0 bridgehead atoms. The van der Waals surface area contributed by atoms with Gasteiger partial charge in [-0.25, -0.2) is 0 Å². The minimum absolute atomic E-state index is 0. The normalized spacial score (nSPS) is 7.50. The van der Waals surface area contributed by atoms with Crippen LogP contribution in [-0.4, -0.2) is 10.1 Å². The zero-order chi connectivity index (χ0) is 5.11. The van der Waals surface area contributed by atoms with Crippen molar-refractivity contribution in [3.8, 4) is 5.88 Å². The molecule has 8 heavy (non-hydrogen) atoms. The SMILES string of the molecule is Oc1c[c-]ccn1.[K+]. The molecule has 0 aromatic carbocycles. The second kappa shape index (κ2) is 4.46. The summed E-state index contributed by atoms with van der Waals surface area (Å²) in [5.41, 5.74) is 0. The average molecular weight is 133 g/mol. The maximum Gasteiger partial charge on any atom is 1.00 e. The first-order chi connectivity index (χ1) is 3.39. The summed E-state index contributed by atoms with van der Waals surface area (Å²) in [6.45, 7) is 0. The quantitative estimate of drug-likeness (QED) is 0.316. The van der Waals surface area contributed by atoms with E-state index in [1.165, 1.54) is 12.3 Å². The second-order valence-corrected chi connectivity index (χ2v) is 1.11. The van der Waals surface area contributed by atoms with Crippen molar-refractivity contribution in [1.82, 2.24) is 4.98 Å². The van der Waals surface area contributed by atoms with Gasteiger partial charge in [0.25, 0.3) is 0 Å². The van der Waals surface area contributed by atoms with E-state index in [0.29, 0.717) is 0 Å². The Kier molecular flexibility index (Phi) is 4.79. The number of pyridine rings is 1. The van der Waals surface area contributed by atoms with Crippen molar-refractivity contribution < 1.29 is 56.5 Å². The molecule has 1 heterocycles. The minimum atomic E-state index is 0. The molecule has 0 atom stereocenters. The van der Waals surface area contributed by atoms with E-state index in [4.69, 9.17) is 5.11 Å². The molecule has 2 nitrogen and oxygen atoms in total. The number of hydrogen-bond donors (Lipinski definition) is 1. The zero-order valence-electron chi connectivity index (χ0n) is 4.63. The van der Waals surface area contributed by atoms with Gasteiger partial charge in [-0.05, 0) is 0 Å². The van der Waals surface area contributed by atoms with Crippen LogP contribution in [0.4, 0.5) is 0 Å². The molecule has 36 valence electrons. The third-order valence-corrected chi connectivity index (χ3v) is 0.590. The van der Waals surface area contributed by atoms with Crippen LogP contribution in [0.25, 0.3) is 0 Å². The van der Waals surface area contributed by atoms with E-state index in [1.54, 1.807) is 6.07 Å². The molecule has 0 saturated carbocycles. The van der Waals surface area contributed by atoms with Crippen LogP contribution in [0.5, 0.6) is 5.88 Å². The fourth-order valence-corrected chi connectivity index (χ4v) is 0.317. The summed E-state index contributed by atoms with van der Waals surface area (Å²) in [5, 5.41) is 8.49. The van der Waals surface area contributed by atoms with Crippen LogP contribution in [0.15, 0.2) is 18.3 Å². The van der Waals surface area contributed by atoms with Gasteiger partial charge >= 0.3 is 51.4 Å². The van der Waals surface area contributed by atoms with Crippen LogP contribution in [-0.2, 0) is 0 Å². The Labute approximate surface area is 90.4 Å². The van der Waals surface area contributed by atoms with E-state index in [9.17, 15) is 0 Å². The van der Waals surface area contributed by atoms with Crippen molar-refractivity contribution in [2.75, 3.05) is 0 Å². The third kappa shape index (κ3) is 2.79. The molecule has 3 heteroatoms. The molecule has 0 saturated heterocycles. The molecule has 1 rings (SSSR count). The van der Waals surface area contributed by atoms with Gasteiger partial charge in [0.05, 0.1) is 5.88 Å². The first-order valence-electron chi connectivity index (χ1n) is 1.90. The number of rotatable bonds is 0. The summed E-state index contributed by atoms with van der Waals surface area (Å²) in [6.07, 6.45) is 1.48. The Morgan fingerprint density at radius 3 is 2.62 bits per heavy atom. The molecule has 0 aliphatic rings. The molecule has 0 unspecified atom stereocenters. The van der Waals surface area contributed by atoms with Crippen molar-refractivity contribution in [2.45, 2.75) is 0 Å². The van der Waals surface area contributed by atoms with E-state index in [2.05, 4.69) is 11.1 Å². The monoisotopic (exact) mass is 133 g/mol. The van der Waals surface area contributed by atoms with Gasteiger partial charge in [0, 0.05) is 0 Å². The van der Waals surface area contributed by atoms with Crippen molar-refractivity contribution in [3.05, 3.63) is 24.4 Å². The van der Waals surface area contributed by atoms with Crippen molar-refractivity contribution in [2.24, 2.45) is 0 Å². The van der Waals surface area contributed by atoms with E-state index in [0.717, 1.165) is 0 Å². The smallest absolute Gasteiger partial charge is 0.550 e. The first kappa shape index (κ1) is 8.59. The van der Waals surface area contributed by atoms with Crippen LogP contribution in [0.1, 0.15) is 0 Å². The van der Waals surface area contributed by atoms with Crippen LogP contribution in [0.3, 0.4) is 0 Å². The topological polar surface area (TPSA) is 33.1 Å². The molecule has 1 aromatic heterocycles. The van der Waals surface area contributed by atoms with E-state index < -0.39 is 0 Å². The molecular weight excluding hydrogens is 129 g/mol. The number of aromatic hydroxyl groups is 1. The van der Waals surface area contributed by atoms with Crippen LogP contribution >= 0.6 is 0 Å². The summed E-state index contributed by atoms with van der Waals surface area (Å²) in [6, 6.07) is 5.68. The van der Waals surface area contributed by atoms with Crippen molar-refractivity contribution in [1.29, 1.82) is 0 Å². The Morgan fingerprint density at radius 1 is 1.62 bits per heavy atom. The van der Waals surface area contributed by atoms with Crippen LogP contribution in [0, 0.1) is 6.07 Å². The first-order valence-corrected chi connectivity index (χ1v) is 1.90. The van der Waals surface area contributed by atoms with Gasteiger partial charge in [-0.2, -0.15) is 12.1 Å². The molecule has 0 radical (unpaired) electrons. The largest absolute Gasteiger partial charge is 1.00 e. The Morgan fingerprint density at radius 2 is 2.38 bits per heavy atom. The standard InChI is InChI=1S/C5H4NO.K/c7-5-3-1-2-4-6-5;/h2-4H,(H,6,7);/q-1;+1. The predicted molar refractivity (Wildman–Crippen MR) is 24.7 cm³/mol. The van der Waals surface area contributed by atoms with E-state index in [1.807, 2.05) is 0 Å². The molecule has 0 aliphatic carbocycles. The molecule has 0 fully saturated rings. The van der Waals surface area contributed by atoms with Crippen molar-refractivity contribution >= 4 is 0 Å². The Hall–Kier alpha value is 0.586. The fourth-order valence-electron chi connectivity index (χ4n) is 0.317. The third-order valence-electron chi connectivity index (χ3n) is 0.590. The summed E-state index contributed by atoms with van der Waals surface area (Å²) in [7, 11) is 0. The summed E-state index contributed by atoms with van der Waals surface area (Å²) in [4.78, 5) is 3.50. The van der Waals surface area contributed by atoms with Gasteiger partial charge in [0.1, 0.15) is 0 Å². The molecule has 0 aliphatic heterocycles. The number of nitrogens with zero attached hydrogens (tertiary/aromatic N) is 1. The summed E-state index contributed by atoms with van der Waals surface area (Å²) < 4.78 is 0. The summed E-state index contributed by atoms with van der Waals surface area (Å²) in [5.74, 6) is 0.0162. The minimum Gasteiger partial charge on any atom is -0.550 e. The molecule has 1 aromatic rings. The van der Waals surface area contributed by atoms with Gasteiger partial charge in [-0.1, -0.05) is 6.20 Å². The van der Waals surface area contributed by atoms with Crippen LogP contribution < -0.4 is 51.4 Å². The van der Waals surface area contributed by atoms with Gasteiger partial charge in [0.15, 0.2) is 0 Å². The average Bonchev–Trinajstić information content (AvgIpc) is 1.69. The van der Waals surface area contributed by atoms with Crippen molar-refractivity contribution in [3.63, 3.8) is 0 Å². The van der Waals surface area contributed by atoms with E-state index >= 15 is 0 Å². The van der Waals surface area contributed by atoms with Gasteiger partial charge in [0.2, 0.25) is 0 Å². The fraction of sp³-hybridized carbons (Fsp3) is 0. The van der Waals surface area contributed by atoms with Gasteiger partial charge in [-0.3, -0.25) is 0 Å². The second-order valence-electron chi connectivity index (χ2n) is 1.11. The van der Waals surface area contributed by atoms with Gasteiger partial charge < -0.3 is 10.1 Å². The maximum absolute atomic E-state index is 8.49. The Balaban J connectivity index is 0.000000490. The number of hydrogen-bond acceptors (Lipinski definition) is 2. The molecule has 0 spiro atoms. The van der Waals surface area contributed by atoms with E-state index in [-0.39, 0.29) is 57.3 Å². The Bertz CT molecular complexity index is 142. The maximum atomic E-state index is 8.49. The number of aromatic nitrogens is 1. The molecule has 0 amide bonds. The zero-order valence-corrected chi connectivity index (χ0v) is 7.75. The molecule has 1 N–H and O–H groups in total. The van der Waals surface area contributed by atoms with Gasteiger partial charge in [-0.15, -0.1) is 6.07 Å². The molecular formula is C5H4KNO.